The monoisotopic (exact) mass is 325 g/mol. The van der Waals surface area contributed by atoms with Crippen molar-refractivity contribution < 1.29 is 14.3 Å². The maximum atomic E-state index is 11.5. The highest BCUT2D eigenvalue weighted by Crippen LogP contribution is 2.16. The Kier molecular flexibility index (Phi) is 6.58. The molecule has 0 bridgehead atoms. The van der Waals surface area contributed by atoms with E-state index in [1.807, 2.05) is 42.5 Å². The van der Waals surface area contributed by atoms with Crippen molar-refractivity contribution in [2.45, 2.75) is 19.4 Å². The number of benzene rings is 2. The summed E-state index contributed by atoms with van der Waals surface area (Å²) in [6.45, 7) is 5.56. The van der Waals surface area contributed by atoms with Crippen LogP contribution in [0, 0.1) is 0 Å². The fourth-order valence-corrected chi connectivity index (χ4v) is 2.13. The van der Waals surface area contributed by atoms with E-state index >= 15 is 0 Å². The van der Waals surface area contributed by atoms with Crippen LogP contribution < -0.4 is 10.5 Å². The highest BCUT2D eigenvalue weighted by Gasteiger charge is 2.14. The minimum absolute atomic E-state index is 0.200. The van der Waals surface area contributed by atoms with E-state index in [2.05, 4.69) is 18.7 Å². The lowest BCUT2D eigenvalue weighted by Gasteiger charge is -2.17. The summed E-state index contributed by atoms with van der Waals surface area (Å²) in [6, 6.07) is 18.2. The van der Waals surface area contributed by atoms with Gasteiger partial charge in [-0.1, -0.05) is 49.0 Å². The molecule has 0 spiro atoms. The number of rotatable bonds is 8. The second-order valence-corrected chi connectivity index (χ2v) is 5.66. The Labute approximate surface area is 142 Å². The largest absolute Gasteiger partial charge is 0.490 e. The molecule has 0 fully saturated rings. The van der Waals surface area contributed by atoms with Gasteiger partial charge in [0.1, 0.15) is 18.5 Å². The molecule has 2 aromatic rings. The molecule has 126 valence electrons. The molecule has 4 nitrogen and oxygen atoms in total. The third-order valence-corrected chi connectivity index (χ3v) is 3.50. The number of carbonyl (C=O) groups is 1. The van der Waals surface area contributed by atoms with E-state index in [9.17, 15) is 4.79 Å². The van der Waals surface area contributed by atoms with Gasteiger partial charge in [-0.3, -0.25) is 0 Å². The predicted octanol–water partition coefficient (Wildman–Crippen LogP) is 3.10. The first-order chi connectivity index (χ1) is 11.6. The Morgan fingerprint density at radius 3 is 2.29 bits per heavy atom. The first kappa shape index (κ1) is 17.8. The molecule has 4 heteroatoms. The van der Waals surface area contributed by atoms with Gasteiger partial charge in [-0.15, -0.1) is 0 Å². The maximum Gasteiger partial charge on any atom is 0.333 e. The zero-order chi connectivity index (χ0) is 17.4. The summed E-state index contributed by atoms with van der Waals surface area (Å²) in [6.07, 6.45) is 0.390. The van der Waals surface area contributed by atoms with Crippen LogP contribution in [0.25, 0.3) is 0 Å². The molecule has 2 aromatic carbocycles. The molecular weight excluding hydrogens is 302 g/mol. The number of hydrogen-bond acceptors (Lipinski definition) is 4. The third kappa shape index (κ3) is 5.56. The topological polar surface area (TPSA) is 61.5 Å². The number of hydrogen-bond donors (Lipinski definition) is 1. The highest BCUT2D eigenvalue weighted by molar-refractivity contribution is 5.87. The van der Waals surface area contributed by atoms with Crippen LogP contribution in [0.5, 0.6) is 5.75 Å². The van der Waals surface area contributed by atoms with E-state index in [0.717, 1.165) is 12.2 Å². The molecule has 1 atom stereocenters. The van der Waals surface area contributed by atoms with E-state index < -0.39 is 12.1 Å². The van der Waals surface area contributed by atoms with Gasteiger partial charge in [-0.2, -0.15) is 0 Å². The first-order valence-corrected chi connectivity index (χ1v) is 7.90. The van der Waals surface area contributed by atoms with Gasteiger partial charge in [0.25, 0.3) is 0 Å². The van der Waals surface area contributed by atoms with Gasteiger partial charge in [-0.25, -0.2) is 4.79 Å². The van der Waals surface area contributed by atoms with Gasteiger partial charge < -0.3 is 15.2 Å². The summed E-state index contributed by atoms with van der Waals surface area (Å²) in [5, 5.41) is 0. The Hall–Kier alpha value is -2.59. The summed E-state index contributed by atoms with van der Waals surface area (Å²) in [4.78, 5) is 11.5. The zero-order valence-corrected chi connectivity index (χ0v) is 13.9. The smallest absolute Gasteiger partial charge is 0.333 e. The van der Waals surface area contributed by atoms with Crippen molar-refractivity contribution in [1.29, 1.82) is 0 Å². The Morgan fingerprint density at radius 2 is 1.71 bits per heavy atom. The van der Waals surface area contributed by atoms with Gasteiger partial charge >= 0.3 is 5.97 Å². The van der Waals surface area contributed by atoms with Crippen LogP contribution in [0.2, 0.25) is 0 Å². The van der Waals surface area contributed by atoms with Crippen molar-refractivity contribution in [2.24, 2.45) is 5.73 Å². The molecule has 0 radical (unpaired) electrons. The lowest BCUT2D eigenvalue weighted by atomic mass is 10.1. The van der Waals surface area contributed by atoms with E-state index in [1.165, 1.54) is 11.1 Å². The third-order valence-electron chi connectivity index (χ3n) is 3.50. The van der Waals surface area contributed by atoms with Gasteiger partial charge in [0.05, 0.1) is 0 Å². The van der Waals surface area contributed by atoms with Crippen LogP contribution in [0.4, 0.5) is 0 Å². The molecule has 0 saturated carbocycles. The molecule has 2 rings (SSSR count). The molecule has 0 aliphatic heterocycles. The standard InChI is InChI=1S/C20H23NO3/c1-15(2)20(22)24-19(13-21)14-23-18-10-8-17(9-11-18)12-16-6-4-3-5-7-16/h3-11,19H,1,12-14,21H2,2H3. The molecular formula is C20H23NO3. The van der Waals surface area contributed by atoms with Crippen LogP contribution in [-0.2, 0) is 16.0 Å². The second-order valence-electron chi connectivity index (χ2n) is 5.66. The quantitative estimate of drug-likeness (QED) is 0.598. The summed E-state index contributed by atoms with van der Waals surface area (Å²) in [7, 11) is 0. The maximum absolute atomic E-state index is 11.5. The van der Waals surface area contributed by atoms with Crippen LogP contribution in [0.3, 0.4) is 0 Å². The molecule has 0 amide bonds. The molecule has 0 aliphatic carbocycles. The van der Waals surface area contributed by atoms with Gasteiger partial charge in [0, 0.05) is 12.1 Å². The average Bonchev–Trinajstić information content (AvgIpc) is 2.60. The lowest BCUT2D eigenvalue weighted by Crippen LogP contribution is -2.32. The average molecular weight is 325 g/mol. The minimum Gasteiger partial charge on any atom is -0.490 e. The zero-order valence-electron chi connectivity index (χ0n) is 13.9. The molecule has 0 saturated heterocycles. The van der Waals surface area contributed by atoms with Crippen LogP contribution >= 0.6 is 0 Å². The Morgan fingerprint density at radius 1 is 1.08 bits per heavy atom. The van der Waals surface area contributed by atoms with Crippen molar-refractivity contribution in [3.63, 3.8) is 0 Å². The Bertz CT molecular complexity index is 665. The fourth-order valence-electron chi connectivity index (χ4n) is 2.13. The first-order valence-electron chi connectivity index (χ1n) is 7.90. The summed E-state index contributed by atoms with van der Waals surface area (Å²) < 4.78 is 10.9. The van der Waals surface area contributed by atoms with Gasteiger partial charge in [0.2, 0.25) is 0 Å². The number of nitrogens with two attached hydrogens (primary N) is 1. The molecule has 0 heterocycles. The normalized spacial score (nSPS) is 11.6. The second kappa shape index (κ2) is 8.89. The molecule has 0 aliphatic rings. The fraction of sp³-hybridized carbons (Fsp3) is 0.250. The molecule has 24 heavy (non-hydrogen) atoms. The number of esters is 1. The van der Waals surface area contributed by atoms with E-state index in [0.29, 0.717) is 5.57 Å². The summed E-state index contributed by atoms with van der Waals surface area (Å²) >= 11 is 0. The lowest BCUT2D eigenvalue weighted by molar-refractivity contribution is -0.145. The summed E-state index contributed by atoms with van der Waals surface area (Å²) in [5.41, 5.74) is 8.43. The van der Waals surface area contributed by atoms with Crippen molar-refractivity contribution in [2.75, 3.05) is 13.2 Å². The van der Waals surface area contributed by atoms with E-state index in [-0.39, 0.29) is 13.2 Å². The summed E-state index contributed by atoms with van der Waals surface area (Å²) in [5.74, 6) is 0.267. The van der Waals surface area contributed by atoms with Crippen molar-refractivity contribution in [1.82, 2.24) is 0 Å². The van der Waals surface area contributed by atoms with Crippen LogP contribution in [0.1, 0.15) is 18.1 Å². The van der Waals surface area contributed by atoms with Crippen LogP contribution in [0.15, 0.2) is 66.7 Å². The van der Waals surface area contributed by atoms with Gasteiger partial charge in [-0.05, 0) is 36.6 Å². The SMILES string of the molecule is C=C(C)C(=O)OC(CN)COc1ccc(Cc2ccccc2)cc1. The minimum atomic E-state index is -0.488. The number of ether oxygens (including phenoxy) is 2. The van der Waals surface area contributed by atoms with Crippen molar-refractivity contribution in [3.8, 4) is 5.75 Å². The Balaban J connectivity index is 1.86. The number of carbonyl (C=O) groups excluding carboxylic acids is 1. The molecule has 0 aromatic heterocycles. The van der Waals surface area contributed by atoms with Crippen molar-refractivity contribution in [3.05, 3.63) is 77.9 Å². The predicted molar refractivity (Wildman–Crippen MR) is 94.9 cm³/mol. The molecule has 2 N–H and O–H groups in total. The van der Waals surface area contributed by atoms with Crippen LogP contribution in [-0.4, -0.2) is 25.2 Å². The molecule has 1 unspecified atom stereocenters. The van der Waals surface area contributed by atoms with Crippen molar-refractivity contribution >= 4 is 5.97 Å². The van der Waals surface area contributed by atoms with E-state index in [1.54, 1.807) is 6.92 Å². The van der Waals surface area contributed by atoms with Gasteiger partial charge in [0.15, 0.2) is 0 Å². The van der Waals surface area contributed by atoms with E-state index in [4.69, 9.17) is 15.2 Å². The highest BCUT2D eigenvalue weighted by atomic mass is 16.6.